The van der Waals surface area contributed by atoms with E-state index < -0.39 is 0 Å². The summed E-state index contributed by atoms with van der Waals surface area (Å²) in [5.41, 5.74) is 6.94. The molecule has 0 aliphatic heterocycles. The Kier molecular flexibility index (Phi) is 4.94. The third kappa shape index (κ3) is 4.61. The average Bonchev–Trinajstić information content (AvgIpc) is 2.37. The summed E-state index contributed by atoms with van der Waals surface area (Å²) < 4.78 is 0. The standard InChI is InChI=1S/C14H16ClN5O/c1-2-4-10-8-12(21)19-14(18-10)20-13(16)17-11-6-3-5-9(15)7-11/h3,5-8H,2,4H2,1H3,(H4,16,17,18,19,20,21). The first-order valence-corrected chi connectivity index (χ1v) is 6.91. The van der Waals surface area contributed by atoms with Gasteiger partial charge in [0, 0.05) is 22.5 Å². The number of hydrogen-bond donors (Lipinski definition) is 3. The molecule has 7 heteroatoms. The number of nitrogens with zero attached hydrogens (tertiary/aromatic N) is 2. The van der Waals surface area contributed by atoms with Crippen LogP contribution in [-0.2, 0) is 6.42 Å². The van der Waals surface area contributed by atoms with Crippen LogP contribution in [0.15, 0.2) is 40.1 Å². The molecule has 0 amide bonds. The molecule has 0 radical (unpaired) electrons. The van der Waals surface area contributed by atoms with Gasteiger partial charge in [0.15, 0.2) is 0 Å². The van der Waals surface area contributed by atoms with Crippen LogP contribution in [0.2, 0.25) is 5.02 Å². The van der Waals surface area contributed by atoms with E-state index in [1.807, 2.05) is 6.92 Å². The van der Waals surface area contributed by atoms with Crippen molar-refractivity contribution in [2.75, 3.05) is 5.32 Å². The van der Waals surface area contributed by atoms with Crippen LogP contribution in [0.4, 0.5) is 11.6 Å². The summed E-state index contributed by atoms with van der Waals surface area (Å²) in [5, 5.41) is 3.47. The third-order valence-electron chi connectivity index (χ3n) is 2.61. The average molecular weight is 306 g/mol. The Morgan fingerprint density at radius 1 is 1.48 bits per heavy atom. The molecule has 6 nitrogen and oxygen atoms in total. The van der Waals surface area contributed by atoms with Crippen LogP contribution in [0.3, 0.4) is 0 Å². The molecule has 21 heavy (non-hydrogen) atoms. The fraction of sp³-hybridized carbons (Fsp3) is 0.214. The first-order valence-electron chi connectivity index (χ1n) is 6.54. The zero-order valence-electron chi connectivity index (χ0n) is 11.6. The molecule has 0 aliphatic carbocycles. The number of aromatic nitrogens is 2. The summed E-state index contributed by atoms with van der Waals surface area (Å²) in [6.45, 7) is 2.01. The Balaban J connectivity index is 2.20. The number of hydrogen-bond acceptors (Lipinski definition) is 3. The van der Waals surface area contributed by atoms with Gasteiger partial charge in [-0.25, -0.2) is 4.98 Å². The molecular weight excluding hydrogens is 290 g/mol. The minimum atomic E-state index is -0.247. The zero-order chi connectivity index (χ0) is 15.2. The van der Waals surface area contributed by atoms with Crippen molar-refractivity contribution < 1.29 is 0 Å². The number of nitrogens with two attached hydrogens (primary N) is 1. The third-order valence-corrected chi connectivity index (χ3v) is 2.85. The molecule has 0 bridgehead atoms. The van der Waals surface area contributed by atoms with E-state index >= 15 is 0 Å². The minimum absolute atomic E-state index is 0.120. The Bertz CT molecular complexity index is 711. The van der Waals surface area contributed by atoms with E-state index in [4.69, 9.17) is 17.3 Å². The van der Waals surface area contributed by atoms with Gasteiger partial charge in [-0.2, -0.15) is 4.99 Å². The number of halogens is 1. The summed E-state index contributed by atoms with van der Waals surface area (Å²) in [6, 6.07) is 8.53. The summed E-state index contributed by atoms with van der Waals surface area (Å²) in [7, 11) is 0. The van der Waals surface area contributed by atoms with Crippen LogP contribution in [0.25, 0.3) is 0 Å². The van der Waals surface area contributed by atoms with E-state index in [1.54, 1.807) is 24.3 Å². The van der Waals surface area contributed by atoms with Gasteiger partial charge in [0.1, 0.15) is 0 Å². The highest BCUT2D eigenvalue weighted by Gasteiger charge is 2.02. The molecule has 2 aromatic rings. The molecule has 0 fully saturated rings. The van der Waals surface area contributed by atoms with Crippen molar-refractivity contribution >= 4 is 29.2 Å². The van der Waals surface area contributed by atoms with Crippen LogP contribution >= 0.6 is 11.6 Å². The first kappa shape index (κ1) is 15.1. The largest absolute Gasteiger partial charge is 0.369 e. The van der Waals surface area contributed by atoms with Gasteiger partial charge in [-0.05, 0) is 24.6 Å². The lowest BCUT2D eigenvalue weighted by atomic mass is 10.2. The maximum absolute atomic E-state index is 11.5. The number of aryl methyl sites for hydroxylation is 1. The maximum Gasteiger partial charge on any atom is 0.252 e. The van der Waals surface area contributed by atoms with Crippen molar-refractivity contribution in [1.82, 2.24) is 9.97 Å². The molecule has 110 valence electrons. The van der Waals surface area contributed by atoms with Crippen molar-refractivity contribution in [3.8, 4) is 0 Å². The van der Waals surface area contributed by atoms with Crippen molar-refractivity contribution in [1.29, 1.82) is 0 Å². The van der Waals surface area contributed by atoms with Gasteiger partial charge in [-0.1, -0.05) is 31.0 Å². The maximum atomic E-state index is 11.5. The van der Waals surface area contributed by atoms with E-state index in [9.17, 15) is 4.79 Å². The predicted octanol–water partition coefficient (Wildman–Crippen LogP) is 2.43. The van der Waals surface area contributed by atoms with Crippen LogP contribution in [0, 0.1) is 0 Å². The Morgan fingerprint density at radius 2 is 2.29 bits per heavy atom. The van der Waals surface area contributed by atoms with Crippen LogP contribution in [-0.4, -0.2) is 15.9 Å². The quantitative estimate of drug-likeness (QED) is 0.597. The van der Waals surface area contributed by atoms with E-state index in [0.717, 1.165) is 6.42 Å². The molecule has 0 unspecified atom stereocenters. The molecule has 0 saturated heterocycles. The van der Waals surface area contributed by atoms with E-state index in [2.05, 4.69) is 20.3 Å². The molecule has 0 spiro atoms. The van der Waals surface area contributed by atoms with Crippen LogP contribution in [0.1, 0.15) is 19.0 Å². The molecule has 1 aromatic heterocycles. The molecule has 0 aliphatic rings. The van der Waals surface area contributed by atoms with Gasteiger partial charge in [0.2, 0.25) is 11.9 Å². The predicted molar refractivity (Wildman–Crippen MR) is 85.2 cm³/mol. The first-order chi connectivity index (χ1) is 10.1. The van der Waals surface area contributed by atoms with Crippen LogP contribution < -0.4 is 16.6 Å². The highest BCUT2D eigenvalue weighted by atomic mass is 35.5. The normalized spacial score (nSPS) is 11.4. The lowest BCUT2D eigenvalue weighted by Gasteiger charge is -2.05. The van der Waals surface area contributed by atoms with E-state index in [1.165, 1.54) is 6.07 Å². The number of aliphatic imine (C=N–C) groups is 1. The second-order valence-corrected chi connectivity index (χ2v) is 4.88. The summed E-state index contributed by atoms with van der Waals surface area (Å²) in [4.78, 5) is 22.4. The SMILES string of the molecule is CCCc1cc(=O)[nH]c(N=C(N)Nc2cccc(Cl)c2)n1. The number of anilines is 1. The molecule has 0 atom stereocenters. The number of benzene rings is 1. The lowest BCUT2D eigenvalue weighted by Crippen LogP contribution is -2.22. The second kappa shape index (κ2) is 6.90. The van der Waals surface area contributed by atoms with Crippen molar-refractivity contribution in [3.05, 3.63) is 51.4 Å². The van der Waals surface area contributed by atoms with Crippen molar-refractivity contribution in [2.45, 2.75) is 19.8 Å². The number of aromatic amines is 1. The molecular formula is C14H16ClN5O. The van der Waals surface area contributed by atoms with Gasteiger partial charge in [-0.3, -0.25) is 9.78 Å². The van der Waals surface area contributed by atoms with E-state index in [0.29, 0.717) is 22.8 Å². The summed E-state index contributed by atoms with van der Waals surface area (Å²) >= 11 is 5.88. The molecule has 1 aromatic carbocycles. The van der Waals surface area contributed by atoms with Gasteiger partial charge in [-0.15, -0.1) is 0 Å². The molecule has 2 rings (SSSR count). The second-order valence-electron chi connectivity index (χ2n) is 4.44. The molecule has 0 saturated carbocycles. The van der Waals surface area contributed by atoms with Crippen LogP contribution in [0.5, 0.6) is 0 Å². The number of nitrogens with one attached hydrogen (secondary N) is 2. The van der Waals surface area contributed by atoms with Gasteiger partial charge < -0.3 is 11.1 Å². The fourth-order valence-electron chi connectivity index (χ4n) is 1.79. The van der Waals surface area contributed by atoms with Gasteiger partial charge in [0.05, 0.1) is 0 Å². The topological polar surface area (TPSA) is 96.2 Å². The summed E-state index contributed by atoms with van der Waals surface area (Å²) in [6.07, 6.45) is 1.62. The number of rotatable bonds is 4. The van der Waals surface area contributed by atoms with Gasteiger partial charge >= 0.3 is 0 Å². The Labute approximate surface area is 127 Å². The van der Waals surface area contributed by atoms with Crippen molar-refractivity contribution in [2.24, 2.45) is 10.7 Å². The number of H-pyrrole nitrogens is 1. The van der Waals surface area contributed by atoms with E-state index in [-0.39, 0.29) is 17.5 Å². The molecule has 4 N–H and O–H groups in total. The zero-order valence-corrected chi connectivity index (χ0v) is 12.3. The lowest BCUT2D eigenvalue weighted by molar-refractivity contribution is 0.866. The fourth-order valence-corrected chi connectivity index (χ4v) is 1.98. The summed E-state index contributed by atoms with van der Waals surface area (Å²) in [5.74, 6) is 0.298. The Morgan fingerprint density at radius 3 is 3.00 bits per heavy atom. The highest BCUT2D eigenvalue weighted by molar-refractivity contribution is 6.30. The monoisotopic (exact) mass is 305 g/mol. The molecule has 1 heterocycles. The minimum Gasteiger partial charge on any atom is -0.369 e. The highest BCUT2D eigenvalue weighted by Crippen LogP contribution is 2.14. The van der Waals surface area contributed by atoms with Gasteiger partial charge in [0.25, 0.3) is 5.56 Å². The van der Waals surface area contributed by atoms with Crippen molar-refractivity contribution in [3.63, 3.8) is 0 Å². The smallest absolute Gasteiger partial charge is 0.252 e. The number of guanidine groups is 1. The Hall–Kier alpha value is -2.34.